The fraction of sp³-hybridized carbons (Fsp3) is 0.318. The lowest BCUT2D eigenvalue weighted by molar-refractivity contribution is -0.123. The van der Waals surface area contributed by atoms with Crippen LogP contribution in [0.2, 0.25) is 0 Å². The largest absolute Gasteiger partial charge is 0.353 e. The molecular weight excluding hydrogens is 354 g/mol. The molecule has 0 aromatic heterocycles. The second kappa shape index (κ2) is 10.3. The van der Waals surface area contributed by atoms with Gasteiger partial charge in [-0.1, -0.05) is 49.7 Å². The monoisotopic (exact) mass is 381 g/mol. The van der Waals surface area contributed by atoms with Crippen LogP contribution in [0.25, 0.3) is 0 Å². The van der Waals surface area contributed by atoms with Crippen molar-refractivity contribution in [2.24, 2.45) is 5.92 Å². The van der Waals surface area contributed by atoms with Gasteiger partial charge >= 0.3 is 0 Å². The van der Waals surface area contributed by atoms with Crippen molar-refractivity contribution in [3.05, 3.63) is 71.3 Å². The van der Waals surface area contributed by atoms with Crippen molar-refractivity contribution in [1.82, 2.24) is 16.0 Å². The van der Waals surface area contributed by atoms with Gasteiger partial charge in [-0.05, 0) is 37.1 Å². The quantitative estimate of drug-likeness (QED) is 0.613. The highest BCUT2D eigenvalue weighted by Crippen LogP contribution is 2.07. The molecule has 3 N–H and O–H groups in total. The van der Waals surface area contributed by atoms with Gasteiger partial charge in [0.15, 0.2) is 0 Å². The fourth-order valence-corrected chi connectivity index (χ4v) is 2.71. The molecule has 0 aliphatic carbocycles. The summed E-state index contributed by atoms with van der Waals surface area (Å²) >= 11 is 0. The molecule has 6 nitrogen and oxygen atoms in total. The molecule has 0 radical (unpaired) electrons. The minimum atomic E-state index is -0.655. The predicted molar refractivity (Wildman–Crippen MR) is 109 cm³/mol. The molecule has 148 valence electrons. The summed E-state index contributed by atoms with van der Waals surface area (Å²) in [5.41, 5.74) is 2.07. The number of nitrogens with one attached hydrogen (secondary N) is 3. The zero-order chi connectivity index (χ0) is 20.5. The van der Waals surface area contributed by atoms with Crippen LogP contribution < -0.4 is 16.0 Å². The first-order chi connectivity index (χ1) is 13.4. The highest BCUT2D eigenvalue weighted by Gasteiger charge is 2.24. The van der Waals surface area contributed by atoms with Crippen LogP contribution in [-0.4, -0.2) is 36.9 Å². The van der Waals surface area contributed by atoms with Crippen molar-refractivity contribution in [3.63, 3.8) is 0 Å². The lowest BCUT2D eigenvalue weighted by Crippen LogP contribution is -2.50. The second-order valence-electron chi connectivity index (χ2n) is 6.98. The number of amides is 3. The van der Waals surface area contributed by atoms with E-state index in [-0.39, 0.29) is 30.2 Å². The van der Waals surface area contributed by atoms with E-state index >= 15 is 0 Å². The predicted octanol–water partition coefficient (Wildman–Crippen LogP) is 2.30. The zero-order valence-electron chi connectivity index (χ0n) is 16.5. The van der Waals surface area contributed by atoms with Gasteiger partial charge in [0.25, 0.3) is 11.8 Å². The lowest BCUT2D eigenvalue weighted by atomic mass is 10.0. The summed E-state index contributed by atoms with van der Waals surface area (Å²) in [6, 6.07) is 15.4. The Morgan fingerprint density at radius 2 is 1.46 bits per heavy atom. The highest BCUT2D eigenvalue weighted by molar-refractivity contribution is 5.97. The molecule has 2 rings (SSSR count). The average molecular weight is 381 g/mol. The maximum absolute atomic E-state index is 12.5. The van der Waals surface area contributed by atoms with Crippen LogP contribution in [0.3, 0.4) is 0 Å². The van der Waals surface area contributed by atoms with Gasteiger partial charge in [0, 0.05) is 24.2 Å². The highest BCUT2D eigenvalue weighted by atomic mass is 16.2. The number of carbonyl (C=O) groups excluding carboxylic acids is 3. The van der Waals surface area contributed by atoms with Crippen LogP contribution >= 0.6 is 0 Å². The third-order valence-electron chi connectivity index (χ3n) is 4.26. The van der Waals surface area contributed by atoms with E-state index in [1.807, 2.05) is 39.0 Å². The third kappa shape index (κ3) is 6.23. The third-order valence-corrected chi connectivity index (χ3v) is 4.26. The van der Waals surface area contributed by atoms with Gasteiger partial charge < -0.3 is 16.0 Å². The van der Waals surface area contributed by atoms with Gasteiger partial charge in [-0.15, -0.1) is 0 Å². The molecule has 0 heterocycles. The molecular formula is C22H27N3O3. The number of benzene rings is 2. The Labute approximate surface area is 165 Å². The summed E-state index contributed by atoms with van der Waals surface area (Å²) < 4.78 is 0. The minimum absolute atomic E-state index is 0.0762. The fourth-order valence-electron chi connectivity index (χ4n) is 2.71. The molecule has 1 atom stereocenters. The summed E-state index contributed by atoms with van der Waals surface area (Å²) in [6.07, 6.45) is 0. The summed E-state index contributed by atoms with van der Waals surface area (Å²) in [7, 11) is 0. The van der Waals surface area contributed by atoms with Crippen LogP contribution in [0.4, 0.5) is 0 Å². The Hall–Kier alpha value is -3.15. The van der Waals surface area contributed by atoms with Crippen LogP contribution in [0, 0.1) is 12.8 Å². The van der Waals surface area contributed by atoms with Gasteiger partial charge in [0.2, 0.25) is 5.91 Å². The van der Waals surface area contributed by atoms with Crippen LogP contribution in [0.15, 0.2) is 54.6 Å². The molecule has 0 fully saturated rings. The number of hydrogen-bond acceptors (Lipinski definition) is 3. The first-order valence-corrected chi connectivity index (χ1v) is 9.37. The van der Waals surface area contributed by atoms with Crippen molar-refractivity contribution in [1.29, 1.82) is 0 Å². The van der Waals surface area contributed by atoms with Gasteiger partial charge in [-0.2, -0.15) is 0 Å². The lowest BCUT2D eigenvalue weighted by Gasteiger charge is -2.22. The number of carbonyl (C=O) groups is 3. The van der Waals surface area contributed by atoms with Gasteiger partial charge in [0.05, 0.1) is 0 Å². The summed E-state index contributed by atoms with van der Waals surface area (Å²) in [6.45, 7) is 6.24. The Balaban J connectivity index is 1.84. The van der Waals surface area contributed by atoms with E-state index in [2.05, 4.69) is 16.0 Å². The molecule has 2 aromatic rings. The van der Waals surface area contributed by atoms with E-state index in [9.17, 15) is 14.4 Å². The Bertz CT molecular complexity index is 819. The molecule has 28 heavy (non-hydrogen) atoms. The van der Waals surface area contributed by atoms with Crippen molar-refractivity contribution >= 4 is 17.7 Å². The van der Waals surface area contributed by atoms with Crippen molar-refractivity contribution in [2.45, 2.75) is 26.8 Å². The molecule has 0 spiro atoms. The van der Waals surface area contributed by atoms with Crippen LogP contribution in [0.1, 0.15) is 40.1 Å². The summed E-state index contributed by atoms with van der Waals surface area (Å²) in [4.78, 5) is 36.9. The Kier molecular flexibility index (Phi) is 7.75. The molecule has 6 heteroatoms. The Morgan fingerprint density at radius 1 is 0.821 bits per heavy atom. The van der Waals surface area contributed by atoms with Gasteiger partial charge in [-0.3, -0.25) is 14.4 Å². The van der Waals surface area contributed by atoms with Crippen molar-refractivity contribution in [3.8, 4) is 0 Å². The molecule has 0 saturated carbocycles. The van der Waals surface area contributed by atoms with Gasteiger partial charge in [0.1, 0.15) is 6.04 Å². The Morgan fingerprint density at radius 3 is 2.11 bits per heavy atom. The molecule has 0 aliphatic rings. The zero-order valence-corrected chi connectivity index (χ0v) is 16.5. The van der Waals surface area contributed by atoms with E-state index in [0.717, 1.165) is 5.56 Å². The summed E-state index contributed by atoms with van der Waals surface area (Å²) in [5, 5.41) is 8.32. The number of rotatable bonds is 8. The first kappa shape index (κ1) is 21.2. The van der Waals surface area contributed by atoms with E-state index in [0.29, 0.717) is 17.7 Å². The molecule has 1 unspecified atom stereocenters. The van der Waals surface area contributed by atoms with E-state index in [1.165, 1.54) is 0 Å². The van der Waals surface area contributed by atoms with Gasteiger partial charge in [-0.25, -0.2) is 0 Å². The van der Waals surface area contributed by atoms with Crippen molar-refractivity contribution in [2.75, 3.05) is 13.1 Å². The van der Waals surface area contributed by atoms with E-state index in [1.54, 1.807) is 36.4 Å². The second-order valence-corrected chi connectivity index (χ2v) is 6.98. The van der Waals surface area contributed by atoms with E-state index in [4.69, 9.17) is 0 Å². The number of aryl methyl sites for hydroxylation is 1. The molecule has 3 amide bonds. The molecule has 2 aromatic carbocycles. The number of hydrogen-bond donors (Lipinski definition) is 3. The normalized spacial score (nSPS) is 11.6. The summed E-state index contributed by atoms with van der Waals surface area (Å²) in [5.74, 6) is -0.824. The first-order valence-electron chi connectivity index (χ1n) is 9.37. The SMILES string of the molecule is Cc1cccc(C(=O)NC(C(=O)NCCNC(=O)c2ccccc2)C(C)C)c1. The van der Waals surface area contributed by atoms with Crippen LogP contribution in [-0.2, 0) is 4.79 Å². The smallest absolute Gasteiger partial charge is 0.251 e. The maximum atomic E-state index is 12.5. The van der Waals surface area contributed by atoms with Crippen molar-refractivity contribution < 1.29 is 14.4 Å². The van der Waals surface area contributed by atoms with Crippen LogP contribution in [0.5, 0.6) is 0 Å². The average Bonchev–Trinajstić information content (AvgIpc) is 2.69. The minimum Gasteiger partial charge on any atom is -0.353 e. The topological polar surface area (TPSA) is 87.3 Å². The maximum Gasteiger partial charge on any atom is 0.251 e. The molecule has 0 bridgehead atoms. The standard InChI is InChI=1S/C22H27N3O3/c1-15(2)19(25-21(27)18-11-7-8-16(3)14-18)22(28)24-13-12-23-20(26)17-9-5-4-6-10-17/h4-11,14-15,19H,12-13H2,1-3H3,(H,23,26)(H,24,28)(H,25,27). The molecule has 0 saturated heterocycles. The van der Waals surface area contributed by atoms with E-state index < -0.39 is 6.04 Å². The molecule has 0 aliphatic heterocycles.